The number of piperazine rings is 1. The zero-order valence-corrected chi connectivity index (χ0v) is 13.2. The molecule has 1 N–H and O–H groups in total. The van der Waals surface area contributed by atoms with Gasteiger partial charge in [-0.05, 0) is 30.9 Å². The molecule has 1 aromatic rings. The molecule has 0 bridgehead atoms. The van der Waals surface area contributed by atoms with Crippen molar-refractivity contribution in [2.24, 2.45) is 5.92 Å². The summed E-state index contributed by atoms with van der Waals surface area (Å²) >= 11 is 0. The first kappa shape index (κ1) is 16.1. The molecule has 0 spiro atoms. The Hall–Kier alpha value is -1.73. The number of hydrogen-bond donors (Lipinski definition) is 1. The summed E-state index contributed by atoms with van der Waals surface area (Å²) in [6.07, 6.45) is 3.37. The normalized spacial score (nSPS) is 20.5. The second-order valence-electron chi connectivity index (χ2n) is 6.14. The molecular formula is C16H23FN4O2. The molecule has 0 aromatic carbocycles. The Morgan fingerprint density at radius 3 is 2.65 bits per heavy atom. The average molecular weight is 322 g/mol. The molecule has 0 aliphatic carbocycles. The number of carbonyl (C=O) groups excluding carboxylic acids is 1. The molecule has 0 atom stereocenters. The fraction of sp³-hybridized carbons (Fsp3) is 0.625. The standard InChI is InChI=1S/C16H23FN4O2/c17-14-1-2-15(18-11-14)19-16(22)21-7-5-20(6-8-21)12-13-3-9-23-10-4-13/h1-2,11,13H,3-10,12H2,(H,18,19,22). The van der Waals surface area contributed by atoms with Crippen LogP contribution < -0.4 is 5.32 Å². The molecule has 2 aliphatic heterocycles. The van der Waals surface area contributed by atoms with E-state index in [2.05, 4.69) is 15.2 Å². The number of carbonyl (C=O) groups is 1. The van der Waals surface area contributed by atoms with E-state index in [9.17, 15) is 9.18 Å². The molecule has 1 aromatic heterocycles. The number of anilines is 1. The van der Waals surface area contributed by atoms with Gasteiger partial charge < -0.3 is 9.64 Å². The molecule has 2 amide bonds. The number of amides is 2. The van der Waals surface area contributed by atoms with Crippen LogP contribution in [0.1, 0.15) is 12.8 Å². The number of rotatable bonds is 3. The van der Waals surface area contributed by atoms with Crippen molar-refractivity contribution in [1.82, 2.24) is 14.8 Å². The number of nitrogens with one attached hydrogen (secondary N) is 1. The Morgan fingerprint density at radius 2 is 2.00 bits per heavy atom. The van der Waals surface area contributed by atoms with Crippen LogP contribution >= 0.6 is 0 Å². The summed E-state index contributed by atoms with van der Waals surface area (Å²) in [5.74, 6) is 0.679. The monoisotopic (exact) mass is 322 g/mol. The first-order valence-electron chi connectivity index (χ1n) is 8.18. The molecule has 0 saturated carbocycles. The van der Waals surface area contributed by atoms with Crippen molar-refractivity contribution in [2.75, 3.05) is 51.3 Å². The second kappa shape index (κ2) is 7.70. The van der Waals surface area contributed by atoms with Gasteiger partial charge in [-0.25, -0.2) is 14.2 Å². The van der Waals surface area contributed by atoms with E-state index in [1.54, 1.807) is 4.90 Å². The minimum absolute atomic E-state index is 0.171. The predicted octanol–water partition coefficient (Wildman–Crippen LogP) is 1.80. The van der Waals surface area contributed by atoms with E-state index < -0.39 is 5.82 Å². The number of nitrogens with zero attached hydrogens (tertiary/aromatic N) is 3. The maximum absolute atomic E-state index is 12.8. The van der Waals surface area contributed by atoms with Gasteiger partial charge in [0.05, 0.1) is 6.20 Å². The zero-order valence-electron chi connectivity index (χ0n) is 13.2. The second-order valence-corrected chi connectivity index (χ2v) is 6.14. The molecule has 0 radical (unpaired) electrons. The lowest BCUT2D eigenvalue weighted by atomic mass is 9.99. The van der Waals surface area contributed by atoms with Crippen LogP contribution in [0.5, 0.6) is 0 Å². The molecule has 3 rings (SSSR count). The molecule has 7 heteroatoms. The van der Waals surface area contributed by atoms with E-state index in [1.807, 2.05) is 0 Å². The molecule has 0 unspecified atom stereocenters. The fourth-order valence-corrected chi connectivity index (χ4v) is 3.07. The van der Waals surface area contributed by atoms with Gasteiger partial charge in [-0.2, -0.15) is 0 Å². The minimum atomic E-state index is -0.412. The molecular weight excluding hydrogens is 299 g/mol. The summed E-state index contributed by atoms with van der Waals surface area (Å²) in [7, 11) is 0. The highest BCUT2D eigenvalue weighted by Gasteiger charge is 2.24. The minimum Gasteiger partial charge on any atom is -0.381 e. The number of urea groups is 1. The Bertz CT molecular complexity index is 511. The highest BCUT2D eigenvalue weighted by Crippen LogP contribution is 2.17. The molecule has 2 aliphatic rings. The Balaban J connectivity index is 1.42. The largest absolute Gasteiger partial charge is 0.381 e. The van der Waals surface area contributed by atoms with Crippen molar-refractivity contribution in [3.8, 4) is 0 Å². The van der Waals surface area contributed by atoms with Crippen molar-refractivity contribution in [2.45, 2.75) is 12.8 Å². The van der Waals surface area contributed by atoms with Gasteiger partial charge in [0.1, 0.15) is 11.6 Å². The third-order valence-electron chi connectivity index (χ3n) is 4.48. The Labute approximate surface area is 135 Å². The Kier molecular flexibility index (Phi) is 5.40. The molecule has 6 nitrogen and oxygen atoms in total. The predicted molar refractivity (Wildman–Crippen MR) is 84.8 cm³/mol. The number of halogens is 1. The van der Waals surface area contributed by atoms with Gasteiger partial charge in [-0.3, -0.25) is 10.2 Å². The van der Waals surface area contributed by atoms with Crippen LogP contribution in [-0.4, -0.2) is 66.8 Å². The first-order chi connectivity index (χ1) is 11.2. The van der Waals surface area contributed by atoms with Gasteiger partial charge in [-0.15, -0.1) is 0 Å². The first-order valence-corrected chi connectivity index (χ1v) is 8.18. The third-order valence-corrected chi connectivity index (χ3v) is 4.48. The summed E-state index contributed by atoms with van der Waals surface area (Å²) < 4.78 is 18.2. The van der Waals surface area contributed by atoms with Crippen LogP contribution in [0, 0.1) is 11.7 Å². The zero-order chi connectivity index (χ0) is 16.1. The molecule has 23 heavy (non-hydrogen) atoms. The quantitative estimate of drug-likeness (QED) is 0.922. The van der Waals surface area contributed by atoms with E-state index >= 15 is 0 Å². The van der Waals surface area contributed by atoms with Crippen molar-refractivity contribution in [3.63, 3.8) is 0 Å². The van der Waals surface area contributed by atoms with Gasteiger partial charge in [0, 0.05) is 45.9 Å². The average Bonchev–Trinajstić information content (AvgIpc) is 2.58. The van der Waals surface area contributed by atoms with E-state index in [4.69, 9.17) is 4.74 Å². The fourth-order valence-electron chi connectivity index (χ4n) is 3.07. The number of ether oxygens (including phenoxy) is 1. The van der Waals surface area contributed by atoms with Crippen LogP contribution in [0.2, 0.25) is 0 Å². The third kappa shape index (κ3) is 4.62. The summed E-state index contributed by atoms with van der Waals surface area (Å²) in [5.41, 5.74) is 0. The number of pyridine rings is 1. The van der Waals surface area contributed by atoms with Crippen LogP contribution in [0.15, 0.2) is 18.3 Å². The van der Waals surface area contributed by atoms with E-state index in [1.165, 1.54) is 12.1 Å². The van der Waals surface area contributed by atoms with Gasteiger partial charge >= 0.3 is 6.03 Å². The molecule has 126 valence electrons. The van der Waals surface area contributed by atoms with Crippen molar-refractivity contribution in [1.29, 1.82) is 0 Å². The maximum atomic E-state index is 12.8. The van der Waals surface area contributed by atoms with Crippen molar-refractivity contribution in [3.05, 3.63) is 24.1 Å². The lowest BCUT2D eigenvalue weighted by Crippen LogP contribution is -2.51. The van der Waals surface area contributed by atoms with E-state index in [0.29, 0.717) is 24.8 Å². The van der Waals surface area contributed by atoms with Crippen LogP contribution in [0.3, 0.4) is 0 Å². The summed E-state index contributed by atoms with van der Waals surface area (Å²) in [6.45, 7) is 6.03. The number of aromatic nitrogens is 1. The van der Waals surface area contributed by atoms with Crippen LogP contribution in [0.25, 0.3) is 0 Å². The maximum Gasteiger partial charge on any atom is 0.323 e. The van der Waals surface area contributed by atoms with Crippen molar-refractivity contribution < 1.29 is 13.9 Å². The molecule has 2 saturated heterocycles. The lowest BCUT2D eigenvalue weighted by molar-refractivity contribution is 0.0457. The van der Waals surface area contributed by atoms with Gasteiger partial charge in [0.25, 0.3) is 0 Å². The Morgan fingerprint density at radius 1 is 1.26 bits per heavy atom. The molecule has 3 heterocycles. The van der Waals surface area contributed by atoms with Crippen LogP contribution in [-0.2, 0) is 4.74 Å². The molecule has 2 fully saturated rings. The van der Waals surface area contributed by atoms with Crippen LogP contribution in [0.4, 0.5) is 15.0 Å². The smallest absolute Gasteiger partial charge is 0.323 e. The van der Waals surface area contributed by atoms with Gasteiger partial charge in [-0.1, -0.05) is 0 Å². The van der Waals surface area contributed by atoms with E-state index in [0.717, 1.165) is 51.9 Å². The van der Waals surface area contributed by atoms with Gasteiger partial charge in [0.15, 0.2) is 0 Å². The highest BCUT2D eigenvalue weighted by atomic mass is 19.1. The van der Waals surface area contributed by atoms with Crippen molar-refractivity contribution >= 4 is 11.8 Å². The van der Waals surface area contributed by atoms with E-state index in [-0.39, 0.29) is 6.03 Å². The topological polar surface area (TPSA) is 57.7 Å². The SMILES string of the molecule is O=C(Nc1ccc(F)cn1)N1CCN(CC2CCOCC2)CC1. The van der Waals surface area contributed by atoms with Gasteiger partial charge in [0.2, 0.25) is 0 Å². The summed E-state index contributed by atoms with van der Waals surface area (Å²) in [6, 6.07) is 2.58. The highest BCUT2D eigenvalue weighted by molar-refractivity contribution is 5.88. The summed E-state index contributed by atoms with van der Waals surface area (Å²) in [5, 5.41) is 2.71. The summed E-state index contributed by atoms with van der Waals surface area (Å²) in [4.78, 5) is 20.3. The lowest BCUT2D eigenvalue weighted by Gasteiger charge is -2.37. The number of hydrogen-bond acceptors (Lipinski definition) is 4.